The number of ketones is 1. The van der Waals surface area contributed by atoms with E-state index in [4.69, 9.17) is 5.26 Å². The number of amides is 1. The molecule has 7 nitrogen and oxygen atoms in total. The highest BCUT2D eigenvalue weighted by molar-refractivity contribution is 6.04. The fraction of sp³-hybridized carbons (Fsp3) is 0.346. The number of aromatic nitrogens is 2. The van der Waals surface area contributed by atoms with Gasteiger partial charge in [0, 0.05) is 30.4 Å². The monoisotopic (exact) mass is 442 g/mol. The first-order valence-electron chi connectivity index (χ1n) is 11.3. The third-order valence-corrected chi connectivity index (χ3v) is 6.43. The molecule has 3 aromatic rings. The molecule has 0 aliphatic heterocycles. The zero-order chi connectivity index (χ0) is 23.4. The second kappa shape index (κ2) is 9.78. The summed E-state index contributed by atoms with van der Waals surface area (Å²) in [5, 5.41) is 11.8. The second-order valence-electron chi connectivity index (χ2n) is 8.54. The number of hydrogen-bond acceptors (Lipinski definition) is 5. The Morgan fingerprint density at radius 1 is 1.21 bits per heavy atom. The van der Waals surface area contributed by atoms with E-state index in [0.717, 1.165) is 43.0 Å². The summed E-state index contributed by atoms with van der Waals surface area (Å²) >= 11 is 0. The van der Waals surface area contributed by atoms with E-state index in [1.165, 1.54) is 0 Å². The Morgan fingerprint density at radius 2 is 1.94 bits per heavy atom. The summed E-state index contributed by atoms with van der Waals surface area (Å²) < 4.78 is 1.80. The van der Waals surface area contributed by atoms with Gasteiger partial charge in [0.15, 0.2) is 0 Å². The number of nitrogens with one attached hydrogen (secondary N) is 1. The number of benzene rings is 2. The van der Waals surface area contributed by atoms with Gasteiger partial charge < -0.3 is 9.36 Å². The minimum Gasteiger partial charge on any atom is -0.309 e. The molecular formula is C26H26N4O3. The SMILES string of the molecule is CC(C(=O)C1CCCC1)c1ccc2c(c1)nc(NC(=O)c1ccc(C#N)cc1)n2CCC=O. The van der Waals surface area contributed by atoms with Crippen LogP contribution >= 0.6 is 0 Å². The van der Waals surface area contributed by atoms with Crippen molar-refractivity contribution in [3.8, 4) is 6.07 Å². The summed E-state index contributed by atoms with van der Waals surface area (Å²) in [6, 6.07) is 14.1. The highest BCUT2D eigenvalue weighted by atomic mass is 16.2. The number of carbonyl (C=O) groups excluding carboxylic acids is 3. The maximum absolute atomic E-state index is 12.9. The molecule has 1 N–H and O–H groups in total. The van der Waals surface area contributed by atoms with E-state index in [9.17, 15) is 14.4 Å². The summed E-state index contributed by atoms with van der Waals surface area (Å²) in [5.74, 6) is 0.194. The van der Waals surface area contributed by atoms with Gasteiger partial charge in [-0.25, -0.2) is 4.98 Å². The van der Waals surface area contributed by atoms with Gasteiger partial charge in [0.05, 0.1) is 22.7 Å². The molecule has 0 radical (unpaired) electrons. The smallest absolute Gasteiger partial charge is 0.257 e. The zero-order valence-corrected chi connectivity index (χ0v) is 18.6. The Bertz CT molecular complexity index is 1230. The van der Waals surface area contributed by atoms with Gasteiger partial charge in [-0.05, 0) is 54.8 Å². The third-order valence-electron chi connectivity index (χ3n) is 6.43. The van der Waals surface area contributed by atoms with E-state index in [-0.39, 0.29) is 29.9 Å². The number of carbonyl (C=O) groups is 3. The van der Waals surface area contributed by atoms with Crippen LogP contribution in [-0.2, 0) is 16.1 Å². The van der Waals surface area contributed by atoms with Crippen molar-refractivity contribution in [1.82, 2.24) is 9.55 Å². The summed E-state index contributed by atoms with van der Waals surface area (Å²) in [4.78, 5) is 41.3. The summed E-state index contributed by atoms with van der Waals surface area (Å²) in [6.07, 6.45) is 5.28. The highest BCUT2D eigenvalue weighted by Gasteiger charge is 2.28. The first-order chi connectivity index (χ1) is 16.0. The normalized spacial score (nSPS) is 14.7. The molecule has 1 saturated carbocycles. The third kappa shape index (κ3) is 4.70. The second-order valence-corrected chi connectivity index (χ2v) is 8.54. The van der Waals surface area contributed by atoms with Crippen LogP contribution in [-0.4, -0.2) is 27.5 Å². The number of fused-ring (bicyclic) bond motifs is 1. The number of imidazole rings is 1. The molecule has 0 saturated heterocycles. The van der Waals surface area contributed by atoms with E-state index in [1.54, 1.807) is 28.8 Å². The molecule has 1 unspecified atom stereocenters. The summed E-state index contributed by atoms with van der Waals surface area (Å²) in [5.41, 5.74) is 3.23. The van der Waals surface area contributed by atoms with Gasteiger partial charge in [-0.3, -0.25) is 14.9 Å². The van der Waals surface area contributed by atoms with Gasteiger partial charge >= 0.3 is 0 Å². The Morgan fingerprint density at radius 3 is 2.61 bits per heavy atom. The molecule has 1 aliphatic rings. The lowest BCUT2D eigenvalue weighted by molar-refractivity contribution is -0.123. The zero-order valence-electron chi connectivity index (χ0n) is 18.6. The van der Waals surface area contributed by atoms with Crippen molar-refractivity contribution in [3.05, 3.63) is 59.2 Å². The molecule has 2 aromatic carbocycles. The van der Waals surface area contributed by atoms with Crippen molar-refractivity contribution >= 4 is 35.0 Å². The largest absolute Gasteiger partial charge is 0.309 e. The molecule has 0 bridgehead atoms. The topological polar surface area (TPSA) is 105 Å². The quantitative estimate of drug-likeness (QED) is 0.513. The molecule has 0 spiro atoms. The maximum Gasteiger partial charge on any atom is 0.257 e. The number of hydrogen-bond donors (Lipinski definition) is 1. The van der Waals surface area contributed by atoms with Crippen LogP contribution in [0, 0.1) is 17.2 Å². The molecule has 1 atom stereocenters. The minimum atomic E-state index is -0.354. The first-order valence-corrected chi connectivity index (χ1v) is 11.3. The standard InChI is InChI=1S/C26H26N4O3/c1-17(24(32)19-5-2-3-6-19)21-11-12-23-22(15-21)28-26(30(23)13-4-14-31)29-25(33)20-9-7-18(16-27)8-10-20/h7-12,14-15,17,19H,2-6,13H2,1H3,(H,28,29,33). The number of anilines is 1. The number of aryl methyl sites for hydroxylation is 1. The molecule has 1 fully saturated rings. The Kier molecular flexibility index (Phi) is 6.64. The number of nitriles is 1. The fourth-order valence-electron chi connectivity index (χ4n) is 4.52. The number of rotatable bonds is 8. The van der Waals surface area contributed by atoms with E-state index >= 15 is 0 Å². The molecule has 1 aromatic heterocycles. The van der Waals surface area contributed by atoms with E-state index in [2.05, 4.69) is 10.3 Å². The summed E-state index contributed by atoms with van der Waals surface area (Å²) in [7, 11) is 0. The molecule has 1 amide bonds. The lowest BCUT2D eigenvalue weighted by atomic mass is 9.88. The molecule has 168 valence electrons. The highest BCUT2D eigenvalue weighted by Crippen LogP contribution is 2.32. The Balaban J connectivity index is 1.63. The first kappa shape index (κ1) is 22.4. The van der Waals surface area contributed by atoms with Gasteiger partial charge in [0.1, 0.15) is 12.1 Å². The van der Waals surface area contributed by atoms with Gasteiger partial charge in [0.2, 0.25) is 5.95 Å². The van der Waals surface area contributed by atoms with Crippen molar-refractivity contribution in [2.24, 2.45) is 5.92 Å². The average Bonchev–Trinajstić information content (AvgIpc) is 3.49. The van der Waals surface area contributed by atoms with Crippen LogP contribution in [0.4, 0.5) is 5.95 Å². The Labute approximate surface area is 192 Å². The van der Waals surface area contributed by atoms with Crippen molar-refractivity contribution in [3.63, 3.8) is 0 Å². The van der Waals surface area contributed by atoms with Crippen molar-refractivity contribution in [1.29, 1.82) is 5.26 Å². The van der Waals surface area contributed by atoms with Crippen LogP contribution in [0.1, 0.15) is 66.4 Å². The molecular weight excluding hydrogens is 416 g/mol. The van der Waals surface area contributed by atoms with Crippen molar-refractivity contribution < 1.29 is 14.4 Å². The van der Waals surface area contributed by atoms with Gasteiger partial charge in [-0.2, -0.15) is 5.26 Å². The molecule has 1 heterocycles. The van der Waals surface area contributed by atoms with Gasteiger partial charge in [-0.15, -0.1) is 0 Å². The van der Waals surface area contributed by atoms with E-state index in [0.29, 0.717) is 29.1 Å². The van der Waals surface area contributed by atoms with Crippen LogP contribution in [0.2, 0.25) is 0 Å². The van der Waals surface area contributed by atoms with E-state index in [1.807, 2.05) is 31.2 Å². The Hall–Kier alpha value is -3.79. The lowest BCUT2D eigenvalue weighted by Gasteiger charge is -2.15. The summed E-state index contributed by atoms with van der Waals surface area (Å²) in [6.45, 7) is 2.32. The van der Waals surface area contributed by atoms with E-state index < -0.39 is 0 Å². The molecule has 1 aliphatic carbocycles. The van der Waals surface area contributed by atoms with Crippen LogP contribution in [0.25, 0.3) is 11.0 Å². The molecule has 33 heavy (non-hydrogen) atoms. The number of aldehydes is 1. The van der Waals surface area contributed by atoms with Crippen LogP contribution in [0.3, 0.4) is 0 Å². The predicted molar refractivity (Wildman–Crippen MR) is 125 cm³/mol. The van der Waals surface area contributed by atoms with Crippen LogP contribution in [0.15, 0.2) is 42.5 Å². The van der Waals surface area contributed by atoms with Crippen molar-refractivity contribution in [2.75, 3.05) is 5.32 Å². The van der Waals surface area contributed by atoms with Gasteiger partial charge in [-0.1, -0.05) is 25.8 Å². The van der Waals surface area contributed by atoms with Crippen molar-refractivity contribution in [2.45, 2.75) is 51.5 Å². The minimum absolute atomic E-state index is 0.142. The molecule has 7 heteroatoms. The average molecular weight is 443 g/mol. The maximum atomic E-state index is 12.9. The van der Waals surface area contributed by atoms with Crippen LogP contribution in [0.5, 0.6) is 0 Å². The number of Topliss-reactive ketones (excluding diaryl/α,β-unsaturated/α-hetero) is 1. The lowest BCUT2D eigenvalue weighted by Crippen LogP contribution is -2.17. The predicted octanol–water partition coefficient (Wildman–Crippen LogP) is 4.61. The fourth-order valence-corrected chi connectivity index (χ4v) is 4.52. The van der Waals surface area contributed by atoms with Gasteiger partial charge in [0.25, 0.3) is 5.91 Å². The number of nitrogens with zero attached hydrogens (tertiary/aromatic N) is 3. The molecule has 4 rings (SSSR count). The van der Waals surface area contributed by atoms with Crippen LogP contribution < -0.4 is 5.32 Å².